The van der Waals surface area contributed by atoms with Gasteiger partial charge in [0.1, 0.15) is 6.10 Å². The number of carbonyl (C=O) groups excluding carboxylic acids is 1. The molecule has 2 atom stereocenters. The van der Waals surface area contributed by atoms with Gasteiger partial charge in [0.25, 0.3) is 0 Å². The zero-order valence-corrected chi connectivity index (χ0v) is 17.1. The summed E-state index contributed by atoms with van der Waals surface area (Å²) in [4.78, 5) is 12.6. The van der Waals surface area contributed by atoms with E-state index in [0.29, 0.717) is 17.6 Å². The van der Waals surface area contributed by atoms with Crippen LogP contribution in [0.5, 0.6) is 0 Å². The van der Waals surface area contributed by atoms with Gasteiger partial charge in [0.15, 0.2) is 0 Å². The van der Waals surface area contributed by atoms with Gasteiger partial charge in [-0.1, -0.05) is 30.3 Å². The first kappa shape index (κ1) is 18.6. The third-order valence-corrected chi connectivity index (χ3v) is 6.51. The lowest BCUT2D eigenvalue weighted by Crippen LogP contribution is -3.00. The minimum absolute atomic E-state index is 0. The molecule has 2 saturated heterocycles. The van der Waals surface area contributed by atoms with E-state index >= 15 is 0 Å². The lowest BCUT2D eigenvalue weighted by atomic mass is 9.96. The minimum atomic E-state index is -0.169. The summed E-state index contributed by atoms with van der Waals surface area (Å²) >= 11 is 0. The quantitative estimate of drug-likeness (QED) is 0.398. The highest BCUT2D eigenvalue weighted by atomic mass is 127. The molecule has 0 N–H and O–H groups in total. The lowest BCUT2D eigenvalue weighted by Gasteiger charge is -2.46. The van der Waals surface area contributed by atoms with Crippen molar-refractivity contribution in [2.45, 2.75) is 50.8 Å². The number of hydrogen-bond donors (Lipinski definition) is 0. The van der Waals surface area contributed by atoms with Crippen LogP contribution in [0.2, 0.25) is 0 Å². The van der Waals surface area contributed by atoms with Crippen molar-refractivity contribution in [3.63, 3.8) is 0 Å². The number of carbonyl (C=O) groups is 1. The predicted octanol–water partition coefficient (Wildman–Crippen LogP) is 1.16. The first-order valence-corrected chi connectivity index (χ1v) is 9.15. The van der Waals surface area contributed by atoms with E-state index in [1.807, 2.05) is 36.4 Å². The summed E-state index contributed by atoms with van der Waals surface area (Å²) in [6.45, 7) is 3.47. The summed E-state index contributed by atoms with van der Waals surface area (Å²) in [6, 6.07) is 15.3. The number of hydrogen-bond acceptors (Lipinski definition) is 2. The molecule has 4 heteroatoms. The Hall–Kier alpha value is -1.14. The Morgan fingerprint density at radius 1 is 1.08 bits per heavy atom. The van der Waals surface area contributed by atoms with Crippen LogP contribution in [0.4, 0.5) is 0 Å². The average Bonchev–Trinajstić information content (AvgIpc) is 2.78. The predicted molar refractivity (Wildman–Crippen MR) is 95.9 cm³/mol. The molecule has 0 aliphatic carbocycles. The van der Waals surface area contributed by atoms with Crippen molar-refractivity contribution in [2.24, 2.45) is 0 Å². The summed E-state index contributed by atoms with van der Waals surface area (Å²) in [7, 11) is 2.38. The lowest BCUT2D eigenvalue weighted by molar-refractivity contribution is -0.947. The van der Waals surface area contributed by atoms with Crippen molar-refractivity contribution in [3.8, 4) is 0 Å². The van der Waals surface area contributed by atoms with Crippen LogP contribution in [0.1, 0.15) is 43.0 Å². The highest BCUT2D eigenvalue weighted by Crippen LogP contribution is 2.42. The molecule has 134 valence electrons. The van der Waals surface area contributed by atoms with E-state index in [2.05, 4.69) is 20.0 Å². The molecule has 2 unspecified atom stereocenters. The summed E-state index contributed by atoms with van der Waals surface area (Å²) in [5.41, 5.74) is 0.666. The number of ether oxygens (including phenoxy) is 1. The van der Waals surface area contributed by atoms with Gasteiger partial charge in [-0.3, -0.25) is 0 Å². The maximum absolute atomic E-state index is 12.6. The van der Waals surface area contributed by atoms with Crippen LogP contribution in [0.15, 0.2) is 42.5 Å². The minimum Gasteiger partial charge on any atom is -1.00 e. The van der Waals surface area contributed by atoms with Crippen LogP contribution in [0, 0.1) is 0 Å². The second-order valence-electron chi connectivity index (χ2n) is 7.61. The standard InChI is InChI=1S/C21H26NO2.HI/c1-3-22(2)18-10-11-19(22)14-20(13-18)24-21(23)17-9-8-15-6-4-5-7-16(15)12-17;/h4-9,12,18-20H,3,10-11,13-14H2,1-2H3;1H/q+1;/p-1. The Kier molecular flexibility index (Phi) is 5.40. The summed E-state index contributed by atoms with van der Waals surface area (Å²) in [5, 5.41) is 2.24. The van der Waals surface area contributed by atoms with Crippen molar-refractivity contribution in [1.29, 1.82) is 0 Å². The molecule has 0 amide bonds. The van der Waals surface area contributed by atoms with Crippen LogP contribution >= 0.6 is 0 Å². The highest BCUT2D eigenvalue weighted by Gasteiger charge is 2.51. The SMILES string of the molecule is CC[N+]1(C)C2CCC1CC(OC(=O)c1ccc3ccccc3c1)C2.[I-]. The summed E-state index contributed by atoms with van der Waals surface area (Å²) in [5.74, 6) is -0.169. The van der Waals surface area contributed by atoms with Gasteiger partial charge in [-0.25, -0.2) is 4.79 Å². The van der Waals surface area contributed by atoms with Gasteiger partial charge in [-0.2, -0.15) is 0 Å². The monoisotopic (exact) mass is 451 g/mol. The normalized spacial score (nSPS) is 30.7. The first-order valence-electron chi connectivity index (χ1n) is 9.15. The van der Waals surface area contributed by atoms with Crippen LogP contribution < -0.4 is 24.0 Å². The molecule has 2 aromatic rings. The largest absolute Gasteiger partial charge is 1.00 e. The topological polar surface area (TPSA) is 26.3 Å². The van der Waals surface area contributed by atoms with Gasteiger partial charge in [-0.15, -0.1) is 0 Å². The molecular formula is C21H26INO2. The van der Waals surface area contributed by atoms with E-state index in [9.17, 15) is 4.79 Å². The average molecular weight is 451 g/mol. The molecule has 2 bridgehead atoms. The second kappa shape index (κ2) is 7.23. The second-order valence-corrected chi connectivity index (χ2v) is 7.61. The molecule has 0 aromatic heterocycles. The molecule has 2 aliphatic heterocycles. The number of quaternary nitrogens is 1. The zero-order valence-electron chi connectivity index (χ0n) is 15.0. The van der Waals surface area contributed by atoms with Gasteiger partial charge < -0.3 is 33.2 Å². The molecule has 25 heavy (non-hydrogen) atoms. The van der Waals surface area contributed by atoms with E-state index in [4.69, 9.17) is 4.74 Å². The van der Waals surface area contributed by atoms with E-state index < -0.39 is 0 Å². The van der Waals surface area contributed by atoms with Crippen molar-refractivity contribution in [2.75, 3.05) is 13.6 Å². The molecule has 2 fully saturated rings. The number of esters is 1. The Morgan fingerprint density at radius 3 is 2.36 bits per heavy atom. The fourth-order valence-electron chi connectivity index (χ4n) is 4.84. The number of benzene rings is 2. The summed E-state index contributed by atoms with van der Waals surface area (Å²) in [6.07, 6.45) is 4.66. The van der Waals surface area contributed by atoms with E-state index in [1.54, 1.807) is 0 Å². The zero-order chi connectivity index (χ0) is 16.7. The van der Waals surface area contributed by atoms with Gasteiger partial charge in [-0.05, 0) is 29.8 Å². The maximum atomic E-state index is 12.6. The first-order chi connectivity index (χ1) is 11.6. The maximum Gasteiger partial charge on any atom is 0.338 e. The fraction of sp³-hybridized carbons (Fsp3) is 0.476. The Bertz CT molecular complexity index is 761. The van der Waals surface area contributed by atoms with Crippen LogP contribution in [-0.4, -0.2) is 42.2 Å². The van der Waals surface area contributed by atoms with Gasteiger partial charge >= 0.3 is 5.97 Å². The van der Waals surface area contributed by atoms with E-state index in [-0.39, 0.29) is 36.0 Å². The van der Waals surface area contributed by atoms with Crippen molar-refractivity contribution >= 4 is 16.7 Å². The Balaban J connectivity index is 0.00000182. The smallest absolute Gasteiger partial charge is 0.338 e. The third kappa shape index (κ3) is 3.31. The van der Waals surface area contributed by atoms with Crippen molar-refractivity contribution in [1.82, 2.24) is 0 Å². The van der Waals surface area contributed by atoms with E-state index in [1.165, 1.54) is 23.9 Å². The van der Waals surface area contributed by atoms with Crippen LogP contribution in [0.3, 0.4) is 0 Å². The fourth-order valence-corrected chi connectivity index (χ4v) is 4.84. The Morgan fingerprint density at radius 2 is 1.72 bits per heavy atom. The molecule has 4 rings (SSSR count). The molecule has 2 heterocycles. The number of halogens is 1. The molecular weight excluding hydrogens is 425 g/mol. The van der Waals surface area contributed by atoms with Gasteiger partial charge in [0, 0.05) is 25.7 Å². The van der Waals surface area contributed by atoms with Crippen LogP contribution in [-0.2, 0) is 4.74 Å². The Labute approximate surface area is 167 Å². The molecule has 2 aliphatic rings. The third-order valence-electron chi connectivity index (χ3n) is 6.51. The van der Waals surface area contributed by atoms with Crippen LogP contribution in [0.25, 0.3) is 10.8 Å². The number of piperidine rings is 1. The summed E-state index contributed by atoms with van der Waals surface area (Å²) < 4.78 is 7.07. The van der Waals surface area contributed by atoms with E-state index in [0.717, 1.165) is 23.6 Å². The molecule has 0 radical (unpaired) electrons. The molecule has 3 nitrogen and oxygen atoms in total. The van der Waals surface area contributed by atoms with Crippen molar-refractivity contribution in [3.05, 3.63) is 48.0 Å². The molecule has 0 saturated carbocycles. The molecule has 0 spiro atoms. The van der Waals surface area contributed by atoms with Gasteiger partial charge in [0.2, 0.25) is 0 Å². The van der Waals surface area contributed by atoms with Crippen molar-refractivity contribution < 1.29 is 38.0 Å². The number of rotatable bonds is 3. The molecule has 2 aromatic carbocycles. The van der Waals surface area contributed by atoms with Gasteiger partial charge in [0.05, 0.1) is 31.2 Å². The number of nitrogens with zero attached hydrogens (tertiary/aromatic N) is 1. The number of fused-ring (bicyclic) bond motifs is 3. The highest BCUT2D eigenvalue weighted by molar-refractivity contribution is 5.95.